The lowest BCUT2D eigenvalue weighted by molar-refractivity contribution is -0.128. The summed E-state index contributed by atoms with van der Waals surface area (Å²) in [5.74, 6) is 0.794. The minimum atomic E-state index is 0.108. The van der Waals surface area contributed by atoms with Gasteiger partial charge in [0.2, 0.25) is 5.91 Å². The van der Waals surface area contributed by atoms with Gasteiger partial charge in [0.1, 0.15) is 5.37 Å². The normalized spacial score (nSPS) is 19.1. The molecule has 1 aromatic carbocycles. The number of rotatable bonds is 6. The minimum Gasteiger partial charge on any atom is -0.325 e. The van der Waals surface area contributed by atoms with Crippen LogP contribution in [0.4, 0.5) is 0 Å². The zero-order valence-electron chi connectivity index (χ0n) is 12.0. The monoisotopic (exact) mass is 312 g/mol. The summed E-state index contributed by atoms with van der Waals surface area (Å²) in [5, 5.41) is 0.836. The number of carbonyl (C=O) groups excluding carboxylic acids is 1. The van der Waals surface area contributed by atoms with Crippen molar-refractivity contribution in [3.05, 3.63) is 34.9 Å². The standard InChI is InChI=1S/C15H21ClN2OS/c1-3-17(4-2)8-9-18-14(19)11-20-15(18)12-6-5-7-13(16)10-12/h5-7,10,15H,3-4,8-9,11H2,1-2H3. The Morgan fingerprint density at radius 1 is 1.40 bits per heavy atom. The van der Waals surface area contributed by atoms with Crippen molar-refractivity contribution in [2.45, 2.75) is 19.2 Å². The highest BCUT2D eigenvalue weighted by Gasteiger charge is 2.32. The van der Waals surface area contributed by atoms with Gasteiger partial charge >= 0.3 is 0 Å². The number of likely N-dealkylation sites (N-methyl/N-ethyl adjacent to an activating group) is 1. The Bertz CT molecular complexity index is 465. The zero-order valence-corrected chi connectivity index (χ0v) is 13.6. The van der Waals surface area contributed by atoms with E-state index in [0.29, 0.717) is 5.75 Å². The lowest BCUT2D eigenvalue weighted by Crippen LogP contribution is -2.37. The first-order valence-corrected chi connectivity index (χ1v) is 8.47. The second kappa shape index (κ2) is 7.34. The Hall–Kier alpha value is -0.710. The van der Waals surface area contributed by atoms with Gasteiger partial charge < -0.3 is 9.80 Å². The molecule has 2 rings (SSSR count). The van der Waals surface area contributed by atoms with Crippen LogP contribution in [0.1, 0.15) is 24.8 Å². The number of nitrogens with zero attached hydrogens (tertiary/aromatic N) is 2. The van der Waals surface area contributed by atoms with Crippen molar-refractivity contribution in [1.29, 1.82) is 0 Å². The maximum absolute atomic E-state index is 12.1. The van der Waals surface area contributed by atoms with E-state index in [0.717, 1.165) is 36.8 Å². The molecule has 0 bridgehead atoms. The Morgan fingerprint density at radius 2 is 2.15 bits per heavy atom. The molecule has 1 saturated heterocycles. The molecule has 1 atom stereocenters. The summed E-state index contributed by atoms with van der Waals surface area (Å²) in [6.07, 6.45) is 0. The molecule has 0 aromatic heterocycles. The second-order valence-electron chi connectivity index (χ2n) is 4.83. The number of carbonyl (C=O) groups is 1. The molecular weight excluding hydrogens is 292 g/mol. The van der Waals surface area contributed by atoms with Crippen LogP contribution in [-0.2, 0) is 4.79 Å². The summed E-state index contributed by atoms with van der Waals surface area (Å²) in [6.45, 7) is 8.05. The highest BCUT2D eigenvalue weighted by molar-refractivity contribution is 8.00. The van der Waals surface area contributed by atoms with Crippen LogP contribution in [0.15, 0.2) is 24.3 Å². The lowest BCUT2D eigenvalue weighted by atomic mass is 10.2. The number of thioether (sulfide) groups is 1. The Balaban J connectivity index is 2.06. The van der Waals surface area contributed by atoms with Crippen LogP contribution in [0.25, 0.3) is 0 Å². The van der Waals surface area contributed by atoms with Crippen LogP contribution < -0.4 is 0 Å². The van der Waals surface area contributed by atoms with Gasteiger partial charge in [0.15, 0.2) is 0 Å². The predicted octanol–water partition coefficient (Wildman–Crippen LogP) is 3.26. The molecule has 1 unspecified atom stereocenters. The highest BCUT2D eigenvalue weighted by Crippen LogP contribution is 2.38. The first-order valence-electron chi connectivity index (χ1n) is 7.04. The van der Waals surface area contributed by atoms with E-state index in [9.17, 15) is 4.79 Å². The molecule has 1 fully saturated rings. The van der Waals surface area contributed by atoms with E-state index in [-0.39, 0.29) is 11.3 Å². The smallest absolute Gasteiger partial charge is 0.233 e. The van der Waals surface area contributed by atoms with Crippen molar-refractivity contribution in [3.8, 4) is 0 Å². The molecular formula is C15H21ClN2OS. The van der Waals surface area contributed by atoms with Crippen LogP contribution in [0.2, 0.25) is 5.02 Å². The third-order valence-electron chi connectivity index (χ3n) is 3.65. The van der Waals surface area contributed by atoms with Crippen LogP contribution in [-0.4, -0.2) is 47.6 Å². The van der Waals surface area contributed by atoms with Crippen molar-refractivity contribution in [3.63, 3.8) is 0 Å². The Labute approximate surface area is 130 Å². The van der Waals surface area contributed by atoms with Gasteiger partial charge in [-0.15, -0.1) is 11.8 Å². The molecule has 1 aliphatic rings. The van der Waals surface area contributed by atoms with Crippen molar-refractivity contribution >= 4 is 29.3 Å². The van der Waals surface area contributed by atoms with Crippen LogP contribution in [0, 0.1) is 0 Å². The van der Waals surface area contributed by atoms with E-state index in [1.54, 1.807) is 11.8 Å². The van der Waals surface area contributed by atoms with Crippen molar-refractivity contribution < 1.29 is 4.79 Å². The number of halogens is 1. The molecule has 1 heterocycles. The quantitative estimate of drug-likeness (QED) is 0.805. The fraction of sp³-hybridized carbons (Fsp3) is 0.533. The molecule has 110 valence electrons. The van der Waals surface area contributed by atoms with Gasteiger partial charge in [-0.05, 0) is 30.8 Å². The van der Waals surface area contributed by atoms with E-state index in [4.69, 9.17) is 11.6 Å². The number of benzene rings is 1. The van der Waals surface area contributed by atoms with Crippen molar-refractivity contribution in [2.75, 3.05) is 31.9 Å². The van der Waals surface area contributed by atoms with Crippen LogP contribution >= 0.6 is 23.4 Å². The molecule has 0 N–H and O–H groups in total. The average Bonchev–Trinajstić information content (AvgIpc) is 2.81. The number of amides is 1. The molecule has 1 amide bonds. The summed E-state index contributed by atoms with van der Waals surface area (Å²) >= 11 is 7.75. The van der Waals surface area contributed by atoms with Gasteiger partial charge in [-0.25, -0.2) is 0 Å². The van der Waals surface area contributed by atoms with E-state index in [1.165, 1.54) is 0 Å². The largest absolute Gasteiger partial charge is 0.325 e. The van der Waals surface area contributed by atoms with Gasteiger partial charge in [0, 0.05) is 18.1 Å². The molecule has 0 saturated carbocycles. The first-order chi connectivity index (χ1) is 9.65. The first kappa shape index (κ1) is 15.7. The van der Waals surface area contributed by atoms with Gasteiger partial charge in [-0.2, -0.15) is 0 Å². The minimum absolute atomic E-state index is 0.108. The summed E-state index contributed by atoms with van der Waals surface area (Å²) in [4.78, 5) is 16.4. The highest BCUT2D eigenvalue weighted by atomic mass is 35.5. The third-order valence-corrected chi connectivity index (χ3v) is 5.14. The maximum atomic E-state index is 12.1. The topological polar surface area (TPSA) is 23.6 Å². The fourth-order valence-electron chi connectivity index (χ4n) is 2.42. The van der Waals surface area contributed by atoms with Gasteiger partial charge in [0.05, 0.1) is 5.75 Å². The second-order valence-corrected chi connectivity index (χ2v) is 6.34. The zero-order chi connectivity index (χ0) is 14.5. The molecule has 20 heavy (non-hydrogen) atoms. The van der Waals surface area contributed by atoms with Crippen LogP contribution in [0.5, 0.6) is 0 Å². The van der Waals surface area contributed by atoms with E-state index in [1.807, 2.05) is 29.2 Å². The van der Waals surface area contributed by atoms with Gasteiger partial charge in [0.25, 0.3) is 0 Å². The molecule has 3 nitrogen and oxygen atoms in total. The number of hydrogen-bond donors (Lipinski definition) is 0. The lowest BCUT2D eigenvalue weighted by Gasteiger charge is -2.27. The summed E-state index contributed by atoms with van der Waals surface area (Å²) in [6, 6.07) is 7.82. The molecule has 0 radical (unpaired) electrons. The van der Waals surface area contributed by atoms with Gasteiger partial charge in [-0.1, -0.05) is 37.6 Å². The molecule has 1 aromatic rings. The predicted molar refractivity (Wildman–Crippen MR) is 86.2 cm³/mol. The Morgan fingerprint density at radius 3 is 2.80 bits per heavy atom. The summed E-state index contributed by atoms with van der Waals surface area (Å²) in [5.41, 5.74) is 1.12. The molecule has 5 heteroatoms. The molecule has 0 aliphatic carbocycles. The fourth-order valence-corrected chi connectivity index (χ4v) is 3.83. The average molecular weight is 313 g/mol. The summed E-state index contributed by atoms with van der Waals surface area (Å²) < 4.78 is 0. The van der Waals surface area contributed by atoms with E-state index < -0.39 is 0 Å². The van der Waals surface area contributed by atoms with Gasteiger partial charge in [-0.3, -0.25) is 4.79 Å². The van der Waals surface area contributed by atoms with E-state index in [2.05, 4.69) is 18.7 Å². The van der Waals surface area contributed by atoms with Crippen LogP contribution in [0.3, 0.4) is 0 Å². The SMILES string of the molecule is CCN(CC)CCN1C(=O)CSC1c1cccc(Cl)c1. The third kappa shape index (κ3) is 3.68. The van der Waals surface area contributed by atoms with Crippen molar-refractivity contribution in [2.24, 2.45) is 0 Å². The van der Waals surface area contributed by atoms with E-state index >= 15 is 0 Å². The van der Waals surface area contributed by atoms with Crippen molar-refractivity contribution in [1.82, 2.24) is 9.80 Å². The molecule has 1 aliphatic heterocycles. The maximum Gasteiger partial charge on any atom is 0.233 e. The summed E-state index contributed by atoms with van der Waals surface area (Å²) in [7, 11) is 0. The number of hydrogen-bond acceptors (Lipinski definition) is 3. The Kier molecular flexibility index (Phi) is 5.75. The molecule has 0 spiro atoms.